The summed E-state index contributed by atoms with van der Waals surface area (Å²) in [6.45, 7) is 5.38. The maximum atomic E-state index is 12.4. The number of amides is 2. The second-order valence-electron chi connectivity index (χ2n) is 11.7. The number of fused-ring (bicyclic) bond motifs is 2. The number of aromatic nitrogens is 6. The van der Waals surface area contributed by atoms with Crippen LogP contribution >= 0.6 is 22.7 Å². The SMILES string of the molecule is C.C.CCNC(=O)C1CN(c2nn3c(C(=O)O)cc(=O)nc3s2)CCN1S(C)(=O)=O.CCNC(=O)C1CN(c2nn3ccc(=O)nc3s2)CCN1S(C)(=O)=O.[B].[B]. The Balaban J connectivity index is 0.000000535. The van der Waals surface area contributed by atoms with E-state index in [9.17, 15) is 45.9 Å². The zero-order chi connectivity index (χ0) is 38.8. The van der Waals surface area contributed by atoms with E-state index >= 15 is 0 Å². The first-order valence-corrected chi connectivity index (χ1v) is 21.2. The number of nitrogens with zero attached hydrogens (tertiary/aromatic N) is 10. The standard InChI is InChI=1S/C14H18N6O6S2.C13H18N6O4S2.2CH4.2B/c1-3-15-11(22)9-7-18(4-5-19(9)28(2,25)26)14-17-20-8(12(23)24)6-10(21)16-13(20)27-14;1-3-14-11(21)9-8-17(6-7-19(9)25(2,22)23)13-16-18-5-4-10(20)15-12(18)24-13;;;;/h6,9H,3-5,7H2,1-2H3,(H,15,22)(H,23,24);4-5,9H,3,6-8H2,1-2H3,(H,14,21);2*1H4;;. The maximum absolute atomic E-state index is 12.4. The van der Waals surface area contributed by atoms with Crippen LogP contribution in [-0.4, -0.2) is 171 Å². The van der Waals surface area contributed by atoms with E-state index in [1.807, 2.05) is 4.90 Å². The van der Waals surface area contributed by atoms with Crippen LogP contribution in [0.4, 0.5) is 10.3 Å². The Morgan fingerprint density at radius 3 is 1.68 bits per heavy atom. The van der Waals surface area contributed by atoms with Gasteiger partial charge in [0.25, 0.3) is 11.1 Å². The Labute approximate surface area is 341 Å². The number of carboxylic acids is 1. The number of likely N-dealkylation sites (N-methyl/N-ethyl adjacent to an activating group) is 2. The number of aromatic carboxylic acids is 1. The Kier molecular flexibility index (Phi) is 18.0. The summed E-state index contributed by atoms with van der Waals surface area (Å²) in [5, 5.41) is 24.0. The molecule has 6 rings (SSSR count). The molecule has 3 N–H and O–H groups in total. The van der Waals surface area contributed by atoms with E-state index in [4.69, 9.17) is 0 Å². The molecule has 2 saturated heterocycles. The quantitative estimate of drug-likeness (QED) is 0.149. The van der Waals surface area contributed by atoms with Crippen LogP contribution in [0.3, 0.4) is 0 Å². The molecule has 0 bridgehead atoms. The van der Waals surface area contributed by atoms with Gasteiger partial charge in [-0.15, -0.1) is 10.2 Å². The number of carboxylic acid groups (broad SMARTS) is 1. The second kappa shape index (κ2) is 20.3. The molecule has 2 amide bonds. The Morgan fingerprint density at radius 2 is 1.23 bits per heavy atom. The molecular formula is C29H44B2N12O10S4. The molecule has 0 spiro atoms. The lowest BCUT2D eigenvalue weighted by Crippen LogP contribution is -2.60. The molecule has 2 aliphatic heterocycles. The molecule has 0 aliphatic carbocycles. The fourth-order valence-electron chi connectivity index (χ4n) is 5.62. The maximum Gasteiger partial charge on any atom is 0.354 e. The summed E-state index contributed by atoms with van der Waals surface area (Å²) in [6.07, 6.45) is 3.67. The summed E-state index contributed by atoms with van der Waals surface area (Å²) >= 11 is 2.21. The van der Waals surface area contributed by atoms with Crippen LogP contribution in [0.15, 0.2) is 27.9 Å². The summed E-state index contributed by atoms with van der Waals surface area (Å²) in [6, 6.07) is 0.402. The third-order valence-electron chi connectivity index (χ3n) is 7.96. The van der Waals surface area contributed by atoms with Crippen molar-refractivity contribution in [1.29, 1.82) is 0 Å². The van der Waals surface area contributed by atoms with Gasteiger partial charge < -0.3 is 25.5 Å². The van der Waals surface area contributed by atoms with Crippen molar-refractivity contribution in [2.24, 2.45) is 0 Å². The number of hydrogen-bond acceptors (Lipinski definition) is 17. The van der Waals surface area contributed by atoms with Crippen LogP contribution in [0.25, 0.3) is 9.92 Å². The molecule has 310 valence electrons. The summed E-state index contributed by atoms with van der Waals surface area (Å²) in [5.74, 6) is -2.10. The molecule has 2 fully saturated rings. The normalized spacial score (nSPS) is 17.5. The van der Waals surface area contributed by atoms with Gasteiger partial charge in [0.1, 0.15) is 12.1 Å². The molecule has 0 saturated carbocycles. The molecule has 28 heteroatoms. The second-order valence-corrected chi connectivity index (χ2v) is 17.4. The first kappa shape index (κ1) is 50.5. The summed E-state index contributed by atoms with van der Waals surface area (Å²) in [4.78, 5) is 70.7. The fraction of sp³-hybridized carbons (Fsp3) is 0.552. The number of rotatable bonds is 9. The number of carbonyl (C=O) groups is 3. The van der Waals surface area contributed by atoms with E-state index in [-0.39, 0.29) is 86.5 Å². The topological polar surface area (TPSA) is 271 Å². The van der Waals surface area contributed by atoms with Gasteiger partial charge in [-0.25, -0.2) is 26.1 Å². The minimum atomic E-state index is -3.60. The number of sulfonamides is 2. The highest BCUT2D eigenvalue weighted by Gasteiger charge is 2.39. The molecule has 6 heterocycles. The minimum Gasteiger partial charge on any atom is -0.477 e. The van der Waals surface area contributed by atoms with E-state index in [0.29, 0.717) is 34.9 Å². The average Bonchev–Trinajstić information content (AvgIpc) is 3.71. The van der Waals surface area contributed by atoms with Crippen molar-refractivity contribution in [3.05, 3.63) is 44.7 Å². The van der Waals surface area contributed by atoms with Crippen molar-refractivity contribution in [2.75, 3.05) is 74.7 Å². The van der Waals surface area contributed by atoms with E-state index in [1.54, 1.807) is 18.7 Å². The molecular weight excluding hydrogens is 826 g/mol. The number of carbonyl (C=O) groups excluding carboxylic acids is 2. The smallest absolute Gasteiger partial charge is 0.354 e. The highest BCUT2D eigenvalue weighted by molar-refractivity contribution is 7.88. The van der Waals surface area contributed by atoms with Crippen molar-refractivity contribution < 1.29 is 36.3 Å². The number of anilines is 2. The molecule has 4 aromatic heterocycles. The first-order chi connectivity index (χ1) is 24.9. The van der Waals surface area contributed by atoms with Crippen LogP contribution in [-0.2, 0) is 29.6 Å². The molecule has 4 aromatic rings. The average molecular weight is 871 g/mol. The van der Waals surface area contributed by atoms with E-state index < -0.39 is 49.6 Å². The zero-order valence-corrected chi connectivity index (χ0v) is 33.2. The molecule has 2 unspecified atom stereocenters. The van der Waals surface area contributed by atoms with E-state index in [1.165, 1.54) is 32.4 Å². The lowest BCUT2D eigenvalue weighted by atomic mass is 10.2. The molecule has 2 aliphatic rings. The largest absolute Gasteiger partial charge is 0.477 e. The van der Waals surface area contributed by atoms with E-state index in [2.05, 4.69) is 30.8 Å². The number of nitrogens with one attached hydrogen (secondary N) is 2. The summed E-state index contributed by atoms with van der Waals surface area (Å²) in [7, 11) is -7.10. The lowest BCUT2D eigenvalue weighted by Gasteiger charge is -2.38. The summed E-state index contributed by atoms with van der Waals surface area (Å²) < 4.78 is 53.0. The highest BCUT2D eigenvalue weighted by atomic mass is 32.2. The van der Waals surface area contributed by atoms with Gasteiger partial charge in [0.2, 0.25) is 52.0 Å². The van der Waals surface area contributed by atoms with Crippen LogP contribution in [0.5, 0.6) is 0 Å². The van der Waals surface area contributed by atoms with Gasteiger partial charge in [-0.3, -0.25) is 19.2 Å². The Hall–Kier alpha value is -4.50. The Bertz CT molecular complexity index is 2390. The molecule has 2 atom stereocenters. The van der Waals surface area contributed by atoms with Crippen molar-refractivity contribution in [1.82, 2.24) is 48.4 Å². The van der Waals surface area contributed by atoms with Crippen LogP contribution in [0.2, 0.25) is 0 Å². The van der Waals surface area contributed by atoms with Gasteiger partial charge in [-0.05, 0) is 13.8 Å². The minimum absolute atomic E-state index is 0. The van der Waals surface area contributed by atoms with E-state index in [0.717, 1.165) is 38.7 Å². The monoisotopic (exact) mass is 870 g/mol. The third kappa shape index (κ3) is 11.6. The van der Waals surface area contributed by atoms with Crippen LogP contribution in [0.1, 0.15) is 39.2 Å². The van der Waals surface area contributed by atoms with Gasteiger partial charge in [0, 0.05) is 87.5 Å². The number of hydrogen-bond donors (Lipinski definition) is 3. The van der Waals surface area contributed by atoms with Crippen molar-refractivity contribution in [3.8, 4) is 0 Å². The molecule has 22 nitrogen and oxygen atoms in total. The van der Waals surface area contributed by atoms with Crippen molar-refractivity contribution in [3.63, 3.8) is 0 Å². The highest BCUT2D eigenvalue weighted by Crippen LogP contribution is 2.27. The molecule has 6 radical (unpaired) electrons. The first-order valence-electron chi connectivity index (χ1n) is 15.9. The molecule has 0 aromatic carbocycles. The third-order valence-corrected chi connectivity index (χ3v) is 12.5. The fourth-order valence-corrected chi connectivity index (χ4v) is 9.56. The van der Waals surface area contributed by atoms with Crippen LogP contribution in [0, 0.1) is 0 Å². The van der Waals surface area contributed by atoms with Crippen LogP contribution < -0.4 is 31.6 Å². The van der Waals surface area contributed by atoms with Gasteiger partial charge in [-0.1, -0.05) is 37.5 Å². The van der Waals surface area contributed by atoms with Gasteiger partial charge in [-0.2, -0.15) is 23.1 Å². The van der Waals surface area contributed by atoms with Crippen molar-refractivity contribution in [2.45, 2.75) is 40.8 Å². The van der Waals surface area contributed by atoms with Gasteiger partial charge >= 0.3 is 5.97 Å². The summed E-state index contributed by atoms with van der Waals surface area (Å²) in [5.41, 5.74) is -1.38. The zero-order valence-electron chi connectivity index (χ0n) is 29.9. The number of piperazine rings is 2. The molecule has 57 heavy (non-hydrogen) atoms. The lowest BCUT2D eigenvalue weighted by molar-refractivity contribution is -0.125. The van der Waals surface area contributed by atoms with Gasteiger partial charge in [0.15, 0.2) is 5.69 Å². The van der Waals surface area contributed by atoms with Crippen molar-refractivity contribution >= 4 is 97.5 Å². The Morgan fingerprint density at radius 1 is 0.772 bits per heavy atom. The predicted molar refractivity (Wildman–Crippen MR) is 219 cm³/mol. The predicted octanol–water partition coefficient (Wildman–Crippen LogP) is -2.32. The van der Waals surface area contributed by atoms with Gasteiger partial charge in [0.05, 0.1) is 12.5 Å².